The van der Waals surface area contributed by atoms with Crippen molar-refractivity contribution < 1.29 is 9.18 Å². The Labute approximate surface area is 180 Å². The lowest BCUT2D eigenvalue weighted by molar-refractivity contribution is 0.102. The summed E-state index contributed by atoms with van der Waals surface area (Å²) in [6.07, 6.45) is 1.67. The van der Waals surface area contributed by atoms with E-state index < -0.39 is 11.7 Å². The van der Waals surface area contributed by atoms with Crippen molar-refractivity contribution in [2.45, 2.75) is 13.5 Å². The number of hydrogen-bond donors (Lipinski definition) is 2. The number of amidine groups is 1. The van der Waals surface area contributed by atoms with Crippen molar-refractivity contribution in [3.63, 3.8) is 0 Å². The third kappa shape index (κ3) is 4.88. The van der Waals surface area contributed by atoms with Crippen LogP contribution in [0.4, 0.5) is 15.9 Å². The van der Waals surface area contributed by atoms with Crippen LogP contribution in [-0.2, 0) is 6.54 Å². The predicted octanol–water partition coefficient (Wildman–Crippen LogP) is 4.09. The number of aromatic nitrogens is 1. The van der Waals surface area contributed by atoms with Crippen molar-refractivity contribution in [3.8, 4) is 0 Å². The number of halogens is 1. The number of hydrogen-bond acceptors (Lipinski definition) is 5. The summed E-state index contributed by atoms with van der Waals surface area (Å²) in [4.78, 5) is 23.6. The molecular weight excluding hydrogens is 393 g/mol. The summed E-state index contributed by atoms with van der Waals surface area (Å²) < 4.78 is 13.8. The highest BCUT2D eigenvalue weighted by Gasteiger charge is 2.15. The van der Waals surface area contributed by atoms with E-state index in [4.69, 9.17) is 0 Å². The second kappa shape index (κ2) is 8.95. The predicted molar refractivity (Wildman–Crippen MR) is 121 cm³/mol. The molecule has 0 aliphatic carbocycles. The lowest BCUT2D eigenvalue weighted by Gasteiger charge is -2.15. The van der Waals surface area contributed by atoms with Gasteiger partial charge in [0.15, 0.2) is 0 Å². The molecule has 2 heterocycles. The molecule has 1 aliphatic rings. The monoisotopic (exact) mass is 417 g/mol. The van der Waals surface area contributed by atoms with E-state index in [1.165, 1.54) is 12.1 Å². The maximum absolute atomic E-state index is 13.8. The molecule has 2 aromatic carbocycles. The highest BCUT2D eigenvalue weighted by molar-refractivity contribution is 6.07. The Morgan fingerprint density at radius 1 is 1.13 bits per heavy atom. The van der Waals surface area contributed by atoms with Gasteiger partial charge in [0.1, 0.15) is 17.5 Å². The maximum atomic E-state index is 13.8. The summed E-state index contributed by atoms with van der Waals surface area (Å²) in [6.45, 7) is 4.17. The molecule has 158 valence electrons. The Morgan fingerprint density at radius 3 is 2.61 bits per heavy atom. The van der Waals surface area contributed by atoms with Crippen LogP contribution < -0.4 is 10.6 Å². The van der Waals surface area contributed by atoms with Crippen molar-refractivity contribution in [2.75, 3.05) is 30.8 Å². The fraction of sp³-hybridized carbons (Fsp3) is 0.208. The van der Waals surface area contributed by atoms with Gasteiger partial charge in [0.05, 0.1) is 12.1 Å². The van der Waals surface area contributed by atoms with Crippen LogP contribution in [0.3, 0.4) is 0 Å². The molecule has 0 unspecified atom stereocenters. The second-order valence-corrected chi connectivity index (χ2v) is 7.54. The molecular formula is C24H24FN5O. The first-order chi connectivity index (χ1) is 15.0. The Kier molecular flexibility index (Phi) is 5.93. The van der Waals surface area contributed by atoms with E-state index in [2.05, 4.69) is 25.5 Å². The zero-order chi connectivity index (χ0) is 21.8. The van der Waals surface area contributed by atoms with E-state index in [1.54, 1.807) is 18.3 Å². The van der Waals surface area contributed by atoms with Crippen LogP contribution in [0.15, 0.2) is 65.8 Å². The van der Waals surface area contributed by atoms with Gasteiger partial charge in [0.2, 0.25) is 0 Å². The normalized spacial score (nSPS) is 13.1. The standard InChI is InChI=1S/C24H24FN5O/c1-16-3-10-22(28-14-16)29-24(31)20-13-19(25)8-9-21(20)27-15-17-4-6-18(7-5-17)23-26-11-12-30(23)2/h3-10,13-14,27H,11-12,15H2,1-2H3,(H,28,29,31). The SMILES string of the molecule is Cc1ccc(NC(=O)c2cc(F)ccc2NCc2ccc(C3=NCCN3C)cc2)nc1. The molecule has 0 spiro atoms. The zero-order valence-corrected chi connectivity index (χ0v) is 17.5. The Bertz CT molecular complexity index is 1110. The Balaban J connectivity index is 1.46. The van der Waals surface area contributed by atoms with Crippen molar-refractivity contribution in [1.29, 1.82) is 0 Å². The van der Waals surface area contributed by atoms with E-state index in [-0.39, 0.29) is 5.56 Å². The third-order valence-electron chi connectivity index (χ3n) is 5.13. The van der Waals surface area contributed by atoms with Crippen molar-refractivity contribution in [3.05, 3.63) is 88.9 Å². The molecule has 3 aromatic rings. The summed E-state index contributed by atoms with van der Waals surface area (Å²) in [5, 5.41) is 5.96. The first kappa shape index (κ1) is 20.5. The molecule has 0 fully saturated rings. The van der Waals surface area contributed by atoms with Crippen LogP contribution in [0.2, 0.25) is 0 Å². The Morgan fingerprint density at radius 2 is 1.94 bits per heavy atom. The average Bonchev–Trinajstić information content (AvgIpc) is 3.20. The summed E-state index contributed by atoms with van der Waals surface area (Å²) in [5.41, 5.74) is 3.89. The molecule has 0 bridgehead atoms. The van der Waals surface area contributed by atoms with Gasteiger partial charge in [-0.1, -0.05) is 30.3 Å². The number of aryl methyl sites for hydroxylation is 1. The summed E-state index contributed by atoms with van der Waals surface area (Å²) in [7, 11) is 2.04. The van der Waals surface area contributed by atoms with E-state index in [0.717, 1.165) is 35.6 Å². The number of carbonyl (C=O) groups is 1. The Hall–Kier alpha value is -3.74. The van der Waals surface area contributed by atoms with Crippen molar-refractivity contribution >= 4 is 23.2 Å². The van der Waals surface area contributed by atoms with Crippen molar-refractivity contribution in [1.82, 2.24) is 9.88 Å². The van der Waals surface area contributed by atoms with E-state index in [0.29, 0.717) is 18.1 Å². The second-order valence-electron chi connectivity index (χ2n) is 7.54. The van der Waals surface area contributed by atoms with Crippen molar-refractivity contribution in [2.24, 2.45) is 4.99 Å². The minimum absolute atomic E-state index is 0.223. The molecule has 6 nitrogen and oxygen atoms in total. The smallest absolute Gasteiger partial charge is 0.259 e. The number of amides is 1. The highest BCUT2D eigenvalue weighted by Crippen LogP contribution is 2.20. The maximum Gasteiger partial charge on any atom is 0.259 e. The third-order valence-corrected chi connectivity index (χ3v) is 5.13. The molecule has 0 atom stereocenters. The molecule has 31 heavy (non-hydrogen) atoms. The van der Waals surface area contributed by atoms with E-state index >= 15 is 0 Å². The van der Waals surface area contributed by atoms with Gasteiger partial charge in [-0.25, -0.2) is 9.37 Å². The van der Waals surface area contributed by atoms with Gasteiger partial charge in [-0.15, -0.1) is 0 Å². The lowest BCUT2D eigenvalue weighted by atomic mass is 10.1. The topological polar surface area (TPSA) is 69.6 Å². The minimum Gasteiger partial charge on any atom is -0.380 e. The number of anilines is 2. The average molecular weight is 417 g/mol. The van der Waals surface area contributed by atoms with Gasteiger partial charge in [-0.05, 0) is 42.3 Å². The van der Waals surface area contributed by atoms with Gasteiger partial charge < -0.3 is 15.5 Å². The number of rotatable bonds is 6. The number of nitrogens with zero attached hydrogens (tertiary/aromatic N) is 3. The van der Waals surface area contributed by atoms with Crippen LogP contribution >= 0.6 is 0 Å². The van der Waals surface area contributed by atoms with Gasteiger partial charge in [0, 0.05) is 37.6 Å². The van der Waals surface area contributed by atoms with Crippen LogP contribution in [0.1, 0.15) is 27.0 Å². The van der Waals surface area contributed by atoms with Crippen LogP contribution in [0.5, 0.6) is 0 Å². The quantitative estimate of drug-likeness (QED) is 0.634. The van der Waals surface area contributed by atoms with Gasteiger partial charge >= 0.3 is 0 Å². The molecule has 0 saturated heterocycles. The molecule has 4 rings (SSSR count). The van der Waals surface area contributed by atoms with Gasteiger partial charge in [0.25, 0.3) is 5.91 Å². The molecule has 2 N–H and O–H groups in total. The molecule has 0 saturated carbocycles. The largest absolute Gasteiger partial charge is 0.380 e. The summed E-state index contributed by atoms with van der Waals surface area (Å²) in [6, 6.07) is 15.8. The molecule has 0 radical (unpaired) electrons. The van der Waals surface area contributed by atoms with Gasteiger partial charge in [-0.3, -0.25) is 9.79 Å². The summed E-state index contributed by atoms with van der Waals surface area (Å²) >= 11 is 0. The summed E-state index contributed by atoms with van der Waals surface area (Å²) in [5.74, 6) is 0.525. The number of likely N-dealkylation sites (N-methyl/N-ethyl adjacent to an activating group) is 1. The number of pyridine rings is 1. The van der Waals surface area contributed by atoms with Crippen LogP contribution in [-0.4, -0.2) is 41.8 Å². The highest BCUT2D eigenvalue weighted by atomic mass is 19.1. The zero-order valence-electron chi connectivity index (χ0n) is 17.5. The number of benzene rings is 2. The van der Waals surface area contributed by atoms with E-state index in [1.807, 2.05) is 44.3 Å². The number of aliphatic imine (C=N–C) groups is 1. The fourth-order valence-electron chi connectivity index (χ4n) is 3.40. The molecule has 7 heteroatoms. The van der Waals surface area contributed by atoms with Gasteiger partial charge in [-0.2, -0.15) is 0 Å². The molecule has 1 aliphatic heterocycles. The lowest BCUT2D eigenvalue weighted by Crippen LogP contribution is -2.23. The first-order valence-electron chi connectivity index (χ1n) is 10.1. The first-order valence-corrected chi connectivity index (χ1v) is 10.1. The number of nitrogens with one attached hydrogen (secondary N) is 2. The fourth-order valence-corrected chi connectivity index (χ4v) is 3.40. The molecule has 1 amide bonds. The number of carbonyl (C=O) groups excluding carboxylic acids is 1. The van der Waals surface area contributed by atoms with Crippen LogP contribution in [0.25, 0.3) is 0 Å². The van der Waals surface area contributed by atoms with E-state index in [9.17, 15) is 9.18 Å². The molecule has 1 aromatic heterocycles. The van der Waals surface area contributed by atoms with Crippen LogP contribution in [0, 0.1) is 12.7 Å². The minimum atomic E-state index is -0.474.